The van der Waals surface area contributed by atoms with Gasteiger partial charge in [-0.1, -0.05) is 275 Å². The van der Waals surface area contributed by atoms with Crippen LogP contribution in [0.2, 0.25) is 0 Å². The van der Waals surface area contributed by atoms with Crippen molar-refractivity contribution in [2.45, 2.75) is 10.8 Å². The maximum Gasteiger partial charge on any atom is 0.0785 e. The zero-order valence-corrected chi connectivity index (χ0v) is 55.8. The van der Waals surface area contributed by atoms with Gasteiger partial charge in [-0.15, -0.1) is 0 Å². The number of hydrogen-bond donors (Lipinski definition) is 1. The zero-order chi connectivity index (χ0) is 63.8. The van der Waals surface area contributed by atoms with E-state index in [1.807, 2.05) is 12.1 Å². The minimum atomic E-state index is -1.00. The molecule has 6 heteroatoms. The fourth-order valence-corrected chi connectivity index (χ4v) is 15.7. The molecule has 0 unspecified atom stereocenters. The first kappa shape index (κ1) is 58.4. The molecule has 0 fully saturated rings. The molecule has 0 radical (unpaired) electrons. The van der Waals surface area contributed by atoms with Gasteiger partial charge in [-0.25, -0.2) is 0 Å². The third-order valence-electron chi connectivity index (χ3n) is 18.6. The molecule has 0 aliphatic heterocycles. The van der Waals surface area contributed by atoms with Gasteiger partial charge in [0, 0.05) is 41.0 Å². The highest BCUT2D eigenvalue weighted by Gasteiger charge is 2.53. The predicted molar refractivity (Wildman–Crippen MR) is 402 cm³/mol. The quantitative estimate of drug-likeness (QED) is 0.160. The number of fused-ring (bicyclic) bond motifs is 20. The summed E-state index contributed by atoms with van der Waals surface area (Å²) in [5.74, 6) is 0. The summed E-state index contributed by atoms with van der Waals surface area (Å²) < 4.78 is 19.0. The van der Waals surface area contributed by atoms with Gasteiger partial charge in [0.15, 0.2) is 0 Å². The van der Waals surface area contributed by atoms with E-state index in [1.165, 1.54) is 115 Å². The summed E-state index contributed by atoms with van der Waals surface area (Å²) in [4.78, 5) is 2.38. The van der Waals surface area contributed by atoms with Crippen LogP contribution < -0.4 is 10.2 Å². The van der Waals surface area contributed by atoms with E-state index in [0.717, 1.165) is 37.4 Å². The lowest BCUT2D eigenvalue weighted by Gasteiger charge is -2.32. The number of benzene rings is 14. The molecule has 1 N–H and O–H groups in total. The molecule has 4 aliphatic rings. The number of rotatable bonds is 7. The Labute approximate surface area is 575 Å². The summed E-state index contributed by atoms with van der Waals surface area (Å²) in [6, 6.07) is 123. The Bertz CT molecular complexity index is 4930. The fraction of sp³-hybridized carbons (Fsp3) is 0.0345. The Kier molecular flexibility index (Phi) is 16.0. The molecule has 14 aromatic rings. The largest absolute Gasteiger partial charge is 0.356 e. The van der Waals surface area contributed by atoms with Crippen LogP contribution in [0.3, 0.4) is 0 Å². The van der Waals surface area contributed by atoms with Crippen LogP contribution in [0.15, 0.2) is 349 Å². The zero-order valence-electron chi connectivity index (χ0n) is 51.5. The summed E-state index contributed by atoms with van der Waals surface area (Å²) in [5, 5.41) is 3.69. The lowest BCUT2D eigenvalue weighted by atomic mass is 9.70. The second kappa shape index (κ2) is 25.4. The minimum Gasteiger partial charge on any atom is -0.356 e. The van der Waals surface area contributed by atoms with Crippen LogP contribution in [-0.4, -0.2) is 7.15 Å². The summed E-state index contributed by atoms with van der Waals surface area (Å²) in [7, 11) is -1.00. The van der Waals surface area contributed by atoms with E-state index in [2.05, 4.69) is 392 Å². The topological polar surface area (TPSA) is 15.3 Å². The van der Waals surface area contributed by atoms with Gasteiger partial charge in [0.25, 0.3) is 0 Å². The number of nitrogens with zero attached hydrogens (tertiary/aromatic N) is 1. The maximum absolute atomic E-state index is 9.96. The molecule has 0 bridgehead atoms. The molecule has 4 aliphatic carbocycles. The summed E-state index contributed by atoms with van der Waals surface area (Å²) in [6.45, 7) is 0. The first-order valence-electron chi connectivity index (χ1n) is 31.8. The van der Waals surface area contributed by atoms with Crippen molar-refractivity contribution in [1.29, 1.82) is 0 Å². The highest BCUT2D eigenvalue weighted by molar-refractivity contribution is 14.1. The van der Waals surface area contributed by atoms with E-state index in [4.69, 9.17) is 1.37 Å². The van der Waals surface area contributed by atoms with E-state index in [0.29, 0.717) is 0 Å². The Balaban J connectivity index is 0.000000135. The van der Waals surface area contributed by atoms with Crippen molar-refractivity contribution in [3.05, 3.63) is 397 Å². The van der Waals surface area contributed by atoms with Crippen molar-refractivity contribution in [3.8, 4) is 66.8 Å². The van der Waals surface area contributed by atoms with Crippen LogP contribution >= 0.6 is 54.5 Å². The third-order valence-corrected chi connectivity index (χ3v) is 20.4. The van der Waals surface area contributed by atoms with Crippen molar-refractivity contribution in [2.24, 2.45) is 0 Å². The molecule has 0 atom stereocenters. The monoisotopic (exact) mass is 1440 g/mol. The van der Waals surface area contributed by atoms with Crippen molar-refractivity contribution in [1.82, 2.24) is 0 Å². The molecule has 18 rings (SSSR count). The number of nitrogens with one attached hydrogen (secondary N) is 1. The van der Waals surface area contributed by atoms with Gasteiger partial charge in [0.2, 0.25) is 0 Å². The third kappa shape index (κ3) is 10.4. The molecule has 93 heavy (non-hydrogen) atoms. The average molecular weight is 1440 g/mol. The first-order valence-corrected chi connectivity index (χ1v) is 33.7. The van der Waals surface area contributed by atoms with Crippen molar-refractivity contribution in [3.63, 3.8) is 0 Å². The highest BCUT2D eigenvalue weighted by atomic mass is 127. The van der Waals surface area contributed by atoms with Crippen LogP contribution in [0.5, 0.6) is 0 Å². The van der Waals surface area contributed by atoms with Gasteiger partial charge in [-0.05, 0) is 231 Å². The van der Waals surface area contributed by atoms with Crippen LogP contribution in [0.4, 0.5) is 32.8 Å². The van der Waals surface area contributed by atoms with Gasteiger partial charge in [-0.2, -0.15) is 0 Å². The average Bonchev–Trinajstić information content (AvgIpc) is 1.52. The van der Waals surface area contributed by atoms with Gasteiger partial charge in [0.05, 0.1) is 19.4 Å². The van der Waals surface area contributed by atoms with Gasteiger partial charge < -0.3 is 10.2 Å². The fourth-order valence-electron chi connectivity index (χ4n) is 14.8. The maximum atomic E-state index is 9.96. The molecule has 0 saturated heterocycles. The van der Waals surface area contributed by atoms with Gasteiger partial charge in [-0.3, -0.25) is 4.39 Å². The van der Waals surface area contributed by atoms with E-state index in [-0.39, 0.29) is 10.8 Å². The van der Waals surface area contributed by atoms with Gasteiger partial charge in [0.1, 0.15) is 0 Å². The predicted octanol–water partition coefficient (Wildman–Crippen LogP) is 25.0. The lowest BCUT2D eigenvalue weighted by molar-refractivity contribution is 0.636. The normalized spacial score (nSPS) is 12.9. The molecule has 0 saturated carbocycles. The Morgan fingerprint density at radius 1 is 0.301 bits per heavy atom. The number of anilines is 5. The molecule has 0 heterocycles. The standard InChI is InChI=1S/C43H28BrN.C37H25N.C6H4BrI.CH3F/c44-31-20-24-33(25-21-31)45(32-22-18-30(19-23-32)29-10-2-1-3-11-29)34-26-27-38-37-14-6-9-17-41(37)43(42(38)28-34)39-15-7-4-12-35(39)36-13-5-8-16-40(36)43;1-2-10-25(11-3-1)26-18-20-27(21-19-26)38-28-22-23-32-31-14-6-9-17-35(31)37(36(32)24-28)33-15-7-4-12-29(33)30-13-5-8-16-34(30)37;7-5-1-3-6(8)4-2-5;1-2/h1-28H;1-24,38H;1-4H;1H3/i;;;1D. The number of halogens is 4. The van der Waals surface area contributed by atoms with E-state index < -0.39 is 7.15 Å². The molecular weight excluding hydrogens is 1380 g/mol. The molecule has 2 nitrogen and oxygen atoms in total. The molecular formula is C87H60Br2FIN2. The van der Waals surface area contributed by atoms with Crippen molar-refractivity contribution >= 4 is 82.9 Å². The summed E-state index contributed by atoms with van der Waals surface area (Å²) in [5.41, 5.74) is 31.2. The van der Waals surface area contributed by atoms with E-state index in [1.54, 1.807) is 0 Å². The van der Waals surface area contributed by atoms with Crippen molar-refractivity contribution < 1.29 is 5.76 Å². The van der Waals surface area contributed by atoms with E-state index >= 15 is 0 Å². The highest BCUT2D eigenvalue weighted by Crippen LogP contribution is 2.65. The van der Waals surface area contributed by atoms with Crippen LogP contribution in [0, 0.1) is 3.57 Å². The van der Waals surface area contributed by atoms with Crippen LogP contribution in [-0.2, 0) is 10.8 Å². The molecule has 2 spiro atoms. The molecule has 0 aromatic heterocycles. The number of hydrogen-bond acceptors (Lipinski definition) is 2. The molecule has 0 amide bonds. The second-order valence-corrected chi connectivity index (χ2v) is 26.6. The smallest absolute Gasteiger partial charge is 0.0785 e. The summed E-state index contributed by atoms with van der Waals surface area (Å²) >= 11 is 9.27. The number of alkyl halides is 1. The lowest BCUT2D eigenvalue weighted by Crippen LogP contribution is -2.26. The van der Waals surface area contributed by atoms with Gasteiger partial charge >= 0.3 is 0 Å². The summed E-state index contributed by atoms with van der Waals surface area (Å²) in [6.07, 6.45) is 0. The Morgan fingerprint density at radius 2 is 0.581 bits per heavy atom. The first-order chi connectivity index (χ1) is 46.3. The van der Waals surface area contributed by atoms with Crippen LogP contribution in [0.1, 0.15) is 45.9 Å². The van der Waals surface area contributed by atoms with Crippen LogP contribution in [0.25, 0.3) is 66.8 Å². The van der Waals surface area contributed by atoms with E-state index in [9.17, 15) is 4.39 Å². The minimum absolute atomic E-state index is 0.312. The molecule has 446 valence electrons. The Morgan fingerprint density at radius 3 is 0.968 bits per heavy atom. The Hall–Kier alpha value is -9.70. The SMILES string of the molecule is Brc1ccc(I)cc1.Brc1ccc(N(c2ccc(-c3ccccc3)cc2)c2ccc3c(c2)C2(c4ccccc4-c4ccccc42)c2ccccc2-3)cc1.[2H]CF.c1ccc(-c2ccc(Nc3ccc4c(c3)C3(c5ccccc5-c5ccccc53)c3ccccc3-4)cc2)cc1. The second-order valence-electron chi connectivity index (χ2n) is 23.5. The molecule has 14 aromatic carbocycles. The van der Waals surface area contributed by atoms with Crippen molar-refractivity contribution in [2.75, 3.05) is 17.4 Å².